The topological polar surface area (TPSA) is 91.4 Å². The Kier molecular flexibility index (Phi) is 11.5. The summed E-state index contributed by atoms with van der Waals surface area (Å²) >= 11 is 1.60. The van der Waals surface area contributed by atoms with Crippen LogP contribution in [0.4, 0.5) is 0 Å². The zero-order valence-electron chi connectivity index (χ0n) is 23.6. The third-order valence-electron chi connectivity index (χ3n) is 7.40. The van der Waals surface area contributed by atoms with Crippen molar-refractivity contribution in [3.05, 3.63) is 40.9 Å². The highest BCUT2D eigenvalue weighted by Crippen LogP contribution is 2.31. The summed E-state index contributed by atoms with van der Waals surface area (Å²) in [5, 5.41) is 6.80. The van der Waals surface area contributed by atoms with Crippen LogP contribution in [0.5, 0.6) is 0 Å². The van der Waals surface area contributed by atoms with Crippen molar-refractivity contribution in [2.45, 2.75) is 77.2 Å². The van der Waals surface area contributed by atoms with Crippen LogP contribution in [-0.4, -0.2) is 61.2 Å². The highest BCUT2D eigenvalue weighted by Gasteiger charge is 2.30. The summed E-state index contributed by atoms with van der Waals surface area (Å²) in [6, 6.07) is 6.26. The number of aromatic nitrogens is 1. The Bertz CT molecular complexity index is 1120. The molecule has 0 radical (unpaired) electrons. The molecule has 0 unspecified atom stereocenters. The number of carbonyl (C=O) groups is 3. The molecule has 7 nitrogen and oxygen atoms in total. The molecule has 2 atom stereocenters. The zero-order chi connectivity index (χ0) is 27.7. The number of carbonyl (C=O) groups excluding carboxylic acids is 3. The first-order chi connectivity index (χ1) is 18.2. The predicted molar refractivity (Wildman–Crippen MR) is 155 cm³/mol. The number of fused-ring (bicyclic) bond motifs is 1. The molecule has 0 bridgehead atoms. The summed E-state index contributed by atoms with van der Waals surface area (Å²) in [7, 11) is 5.53. The average Bonchev–Trinajstić information content (AvgIpc) is 3.55. The fourth-order valence-electron chi connectivity index (χ4n) is 5.09. The molecule has 208 valence electrons. The predicted octanol–water partition coefficient (Wildman–Crippen LogP) is 4.86. The number of allylic oxidation sites excluding steroid dienone is 1. The molecule has 1 fully saturated rings. The Hall–Kier alpha value is -2.58. The van der Waals surface area contributed by atoms with E-state index in [-0.39, 0.29) is 30.1 Å². The molecule has 8 heteroatoms. The van der Waals surface area contributed by atoms with Crippen molar-refractivity contribution < 1.29 is 14.4 Å². The summed E-state index contributed by atoms with van der Waals surface area (Å²) in [6.45, 7) is 5.06. The highest BCUT2D eigenvalue weighted by atomic mass is 32.1. The molecule has 1 saturated carbocycles. The van der Waals surface area contributed by atoms with Gasteiger partial charge in [-0.25, -0.2) is 4.98 Å². The standard InChI is InChI=1S/C30H44N4O3S/c1-20(2)22-12-14-26-27(17-22)38-29(32-26)19-23(18-28(36)31-3)30(37)33-25(21-9-6-7-10-21)15-13-24(35)11-8-16-34(4)5/h8,11-12,14,17,20-21,23,25H,6-7,9-10,13,15-16,18-19H2,1-5H3,(H,31,36)(H,33,37)/b11-8+/t23-,25+/m0/s1. The second-order valence-electron chi connectivity index (χ2n) is 11.1. The lowest BCUT2D eigenvalue weighted by molar-refractivity contribution is -0.131. The molecule has 1 aromatic heterocycles. The van der Waals surface area contributed by atoms with Gasteiger partial charge in [0.2, 0.25) is 11.8 Å². The van der Waals surface area contributed by atoms with Crippen molar-refractivity contribution >= 4 is 39.2 Å². The van der Waals surface area contributed by atoms with Gasteiger partial charge in [0.25, 0.3) is 0 Å². The summed E-state index contributed by atoms with van der Waals surface area (Å²) in [4.78, 5) is 45.2. The number of benzene rings is 1. The molecule has 38 heavy (non-hydrogen) atoms. The maximum absolute atomic E-state index is 13.6. The van der Waals surface area contributed by atoms with Gasteiger partial charge < -0.3 is 15.5 Å². The van der Waals surface area contributed by atoms with E-state index in [9.17, 15) is 14.4 Å². The van der Waals surface area contributed by atoms with E-state index < -0.39 is 5.92 Å². The van der Waals surface area contributed by atoms with E-state index in [4.69, 9.17) is 4.98 Å². The minimum atomic E-state index is -0.514. The number of hydrogen-bond acceptors (Lipinski definition) is 6. The second kappa shape index (κ2) is 14.5. The van der Waals surface area contributed by atoms with Gasteiger partial charge in [-0.2, -0.15) is 0 Å². The molecule has 1 heterocycles. The fourth-order valence-corrected chi connectivity index (χ4v) is 6.19. The number of nitrogens with zero attached hydrogens (tertiary/aromatic N) is 2. The molecule has 2 aromatic rings. The number of hydrogen-bond donors (Lipinski definition) is 2. The third kappa shape index (κ3) is 9.02. The van der Waals surface area contributed by atoms with E-state index in [1.54, 1.807) is 24.5 Å². The number of rotatable bonds is 14. The molecular weight excluding hydrogens is 496 g/mol. The third-order valence-corrected chi connectivity index (χ3v) is 8.44. The van der Waals surface area contributed by atoms with Gasteiger partial charge >= 0.3 is 0 Å². The normalized spacial score (nSPS) is 16.0. The minimum Gasteiger partial charge on any atom is -0.359 e. The van der Waals surface area contributed by atoms with E-state index >= 15 is 0 Å². The Labute approximate surface area is 231 Å². The summed E-state index contributed by atoms with van der Waals surface area (Å²) < 4.78 is 1.11. The van der Waals surface area contributed by atoms with Gasteiger partial charge in [0, 0.05) is 38.9 Å². The van der Waals surface area contributed by atoms with Crippen LogP contribution < -0.4 is 10.6 Å². The average molecular weight is 541 g/mol. The largest absolute Gasteiger partial charge is 0.359 e. The Morgan fingerprint density at radius 3 is 2.58 bits per heavy atom. The lowest BCUT2D eigenvalue weighted by Crippen LogP contribution is -2.44. The first-order valence-electron chi connectivity index (χ1n) is 13.9. The van der Waals surface area contributed by atoms with Crippen molar-refractivity contribution in [1.82, 2.24) is 20.5 Å². The zero-order valence-corrected chi connectivity index (χ0v) is 24.4. The van der Waals surface area contributed by atoms with Gasteiger partial charge in [-0.15, -0.1) is 11.3 Å². The van der Waals surface area contributed by atoms with Crippen LogP contribution in [0.2, 0.25) is 0 Å². The number of nitrogens with one attached hydrogen (secondary N) is 2. The van der Waals surface area contributed by atoms with Crippen LogP contribution in [-0.2, 0) is 20.8 Å². The van der Waals surface area contributed by atoms with E-state index in [0.29, 0.717) is 31.1 Å². The van der Waals surface area contributed by atoms with Gasteiger partial charge in [0.1, 0.15) is 0 Å². The van der Waals surface area contributed by atoms with E-state index in [2.05, 4.69) is 36.6 Å². The molecule has 0 spiro atoms. The van der Waals surface area contributed by atoms with Crippen LogP contribution in [0.25, 0.3) is 10.2 Å². The first-order valence-corrected chi connectivity index (χ1v) is 14.7. The quantitative estimate of drug-likeness (QED) is 0.334. The van der Waals surface area contributed by atoms with Crippen LogP contribution in [0.3, 0.4) is 0 Å². The monoisotopic (exact) mass is 540 g/mol. The molecule has 1 aliphatic carbocycles. The van der Waals surface area contributed by atoms with Gasteiger partial charge in [0.15, 0.2) is 5.78 Å². The van der Waals surface area contributed by atoms with Gasteiger partial charge in [-0.05, 0) is 69.0 Å². The van der Waals surface area contributed by atoms with Gasteiger partial charge in [-0.3, -0.25) is 14.4 Å². The van der Waals surface area contributed by atoms with Crippen molar-refractivity contribution in [1.29, 1.82) is 0 Å². The molecule has 1 aliphatic rings. The minimum absolute atomic E-state index is 0.0626. The second-order valence-corrected chi connectivity index (χ2v) is 12.2. The van der Waals surface area contributed by atoms with Gasteiger partial charge in [0.05, 0.1) is 21.1 Å². The van der Waals surface area contributed by atoms with Crippen molar-refractivity contribution in [3.8, 4) is 0 Å². The van der Waals surface area contributed by atoms with Crippen molar-refractivity contribution in [3.63, 3.8) is 0 Å². The maximum atomic E-state index is 13.6. The molecule has 2 N–H and O–H groups in total. The van der Waals surface area contributed by atoms with E-state index in [1.807, 2.05) is 31.1 Å². The van der Waals surface area contributed by atoms with Crippen molar-refractivity contribution in [2.75, 3.05) is 27.7 Å². The van der Waals surface area contributed by atoms with Crippen LogP contribution in [0.1, 0.15) is 75.3 Å². The molecule has 1 aromatic carbocycles. The van der Waals surface area contributed by atoms with E-state index in [0.717, 1.165) is 47.5 Å². The van der Waals surface area contributed by atoms with Crippen LogP contribution in [0.15, 0.2) is 30.4 Å². The smallest absolute Gasteiger partial charge is 0.224 e. The molecule has 0 aliphatic heterocycles. The lowest BCUT2D eigenvalue weighted by Gasteiger charge is -2.27. The summed E-state index contributed by atoms with van der Waals surface area (Å²) in [6.07, 6.45) is 9.51. The van der Waals surface area contributed by atoms with E-state index in [1.165, 1.54) is 5.56 Å². The maximum Gasteiger partial charge on any atom is 0.224 e. The molecule has 2 amide bonds. The van der Waals surface area contributed by atoms with Crippen LogP contribution in [0, 0.1) is 11.8 Å². The highest BCUT2D eigenvalue weighted by molar-refractivity contribution is 7.18. The Balaban J connectivity index is 1.72. The van der Waals surface area contributed by atoms with Crippen molar-refractivity contribution in [2.24, 2.45) is 11.8 Å². The Morgan fingerprint density at radius 2 is 1.92 bits per heavy atom. The molecule has 0 saturated heterocycles. The summed E-state index contributed by atoms with van der Waals surface area (Å²) in [5.41, 5.74) is 2.19. The number of ketones is 1. The fraction of sp³-hybridized carbons (Fsp3) is 0.600. The molecular formula is C30H44N4O3S. The SMILES string of the molecule is CNC(=O)C[C@@H](Cc1nc2ccc(C(C)C)cc2s1)C(=O)N[C@H](CCC(=O)/C=C/CN(C)C)C1CCCC1. The first kappa shape index (κ1) is 30.0. The van der Waals surface area contributed by atoms with Gasteiger partial charge in [-0.1, -0.05) is 38.8 Å². The Morgan fingerprint density at radius 1 is 1.18 bits per heavy atom. The van der Waals surface area contributed by atoms with Crippen LogP contribution >= 0.6 is 11.3 Å². The number of likely N-dealkylation sites (N-methyl/N-ethyl adjacent to an activating group) is 1. The number of amides is 2. The lowest BCUT2D eigenvalue weighted by atomic mass is 9.91. The summed E-state index contributed by atoms with van der Waals surface area (Å²) in [5.74, 6) is 0.0887. The molecule has 3 rings (SSSR count). The number of thiazole rings is 1.